The highest BCUT2D eigenvalue weighted by molar-refractivity contribution is 7.66. The van der Waals surface area contributed by atoms with Crippen LogP contribution in [0.4, 0.5) is 5.82 Å². The molecule has 2 rings (SSSR count). The van der Waals surface area contributed by atoms with E-state index in [-0.39, 0.29) is 29.7 Å². The van der Waals surface area contributed by atoms with E-state index in [0.717, 1.165) is 0 Å². The van der Waals surface area contributed by atoms with Gasteiger partial charge in [-0.15, -0.1) is 6.58 Å². The summed E-state index contributed by atoms with van der Waals surface area (Å²) in [6.45, 7) is 8.56. The maximum Gasteiger partial charge on any atom is 0.490 e. The molecule has 16 nitrogen and oxygen atoms in total. The van der Waals surface area contributed by atoms with E-state index in [9.17, 15) is 23.5 Å². The van der Waals surface area contributed by atoms with Gasteiger partial charge in [-0.3, -0.25) is 14.1 Å². The second kappa shape index (κ2) is 10.4. The highest BCUT2D eigenvalue weighted by Gasteiger charge is 2.45. The first-order chi connectivity index (χ1) is 15.1. The van der Waals surface area contributed by atoms with Gasteiger partial charge in [-0.2, -0.15) is 8.62 Å². The summed E-state index contributed by atoms with van der Waals surface area (Å²) < 4.78 is 54.0. The molecule has 33 heavy (non-hydrogen) atoms. The van der Waals surface area contributed by atoms with E-state index < -0.39 is 41.9 Å². The Kier molecular flexibility index (Phi) is 8.72. The number of hydrogen-bond donors (Lipinski definition) is 5. The normalized spacial score (nSPS) is 26.4. The summed E-state index contributed by atoms with van der Waals surface area (Å²) in [5.74, 6) is 0.0161. The van der Waals surface area contributed by atoms with Crippen molar-refractivity contribution in [2.75, 3.05) is 7.05 Å². The molecule has 1 saturated heterocycles. The lowest BCUT2D eigenvalue weighted by Gasteiger charge is -2.24. The van der Waals surface area contributed by atoms with Gasteiger partial charge in [0.15, 0.2) is 5.82 Å². The van der Waals surface area contributed by atoms with Crippen molar-refractivity contribution in [2.45, 2.75) is 31.8 Å². The fraction of sp³-hybridized carbons (Fsp3) is 0.500. The molecule has 186 valence electrons. The number of phosphoric acid groups is 3. The van der Waals surface area contributed by atoms with Crippen molar-refractivity contribution in [3.63, 3.8) is 0 Å². The van der Waals surface area contributed by atoms with Gasteiger partial charge in [0.1, 0.15) is 17.8 Å². The van der Waals surface area contributed by atoms with Gasteiger partial charge in [-0.25, -0.2) is 23.7 Å². The number of ether oxygens (including phenoxy) is 1. The van der Waals surface area contributed by atoms with Crippen LogP contribution in [0.15, 0.2) is 29.0 Å². The summed E-state index contributed by atoms with van der Waals surface area (Å²) >= 11 is 0. The highest BCUT2D eigenvalue weighted by atomic mass is 31.3. The van der Waals surface area contributed by atoms with Crippen LogP contribution >= 0.6 is 23.5 Å². The molecule has 2 heterocycles. The molecule has 0 spiro atoms. The van der Waals surface area contributed by atoms with Crippen LogP contribution in [0, 0.1) is 5.92 Å². The quantitative estimate of drug-likeness (QED) is 0.117. The van der Waals surface area contributed by atoms with Crippen LogP contribution in [-0.2, 0) is 31.6 Å². The molecule has 0 amide bonds. The van der Waals surface area contributed by atoms with Crippen molar-refractivity contribution in [1.82, 2.24) is 9.55 Å². The standard InChI is InChI=1S/C14H24N5O11P3/c1-5-9-6-10(8(2)28-32(23,24)30-33(25,26)29-31(20,21)22)27-14(9)19-7-18-11(12(15)16-3)13(19)17-4/h5,7-10,14H,1,4,6H2,2-3H3,(H2,15,16)(H,23,24)(H,25,26)(H2,20,21,22). The molecule has 19 heteroatoms. The first-order valence-electron chi connectivity index (χ1n) is 8.99. The van der Waals surface area contributed by atoms with Crippen molar-refractivity contribution >= 4 is 41.8 Å². The smallest absolute Gasteiger partial charge is 0.382 e. The van der Waals surface area contributed by atoms with Gasteiger partial charge in [-0.1, -0.05) is 6.08 Å². The van der Waals surface area contributed by atoms with Crippen LogP contribution in [-0.4, -0.2) is 60.9 Å². The average molecular weight is 531 g/mol. The molecule has 6 N–H and O–H groups in total. The minimum Gasteiger partial charge on any atom is -0.382 e. The third-order valence-corrected chi connectivity index (χ3v) is 8.33. The largest absolute Gasteiger partial charge is 0.490 e. The second-order valence-corrected chi connectivity index (χ2v) is 11.1. The topological polar surface area (TPSA) is 238 Å². The fourth-order valence-corrected chi connectivity index (χ4v) is 6.28. The molecule has 0 aromatic carbocycles. The van der Waals surface area contributed by atoms with E-state index >= 15 is 0 Å². The van der Waals surface area contributed by atoms with E-state index in [2.05, 4.69) is 36.9 Å². The van der Waals surface area contributed by atoms with Crippen molar-refractivity contribution in [3.8, 4) is 0 Å². The van der Waals surface area contributed by atoms with Crippen LogP contribution in [0.3, 0.4) is 0 Å². The first-order valence-corrected chi connectivity index (χ1v) is 13.5. The van der Waals surface area contributed by atoms with Gasteiger partial charge in [0, 0.05) is 13.0 Å². The number of imidazole rings is 1. The Morgan fingerprint density at radius 1 is 1.33 bits per heavy atom. The van der Waals surface area contributed by atoms with E-state index in [4.69, 9.17) is 24.8 Å². The van der Waals surface area contributed by atoms with Gasteiger partial charge >= 0.3 is 23.5 Å². The Balaban J connectivity index is 2.19. The van der Waals surface area contributed by atoms with E-state index in [1.54, 1.807) is 6.08 Å². The number of hydrogen-bond acceptors (Lipinski definition) is 10. The molecule has 0 saturated carbocycles. The summed E-state index contributed by atoms with van der Waals surface area (Å²) in [6.07, 6.45) is 0.398. The lowest BCUT2D eigenvalue weighted by atomic mass is 10.0. The number of aliphatic imine (C=N–C) groups is 2. The molecule has 0 aliphatic carbocycles. The van der Waals surface area contributed by atoms with Crippen molar-refractivity contribution in [3.05, 3.63) is 24.7 Å². The molecular weight excluding hydrogens is 507 g/mol. The number of nitrogens with two attached hydrogens (primary N) is 1. The van der Waals surface area contributed by atoms with Crippen LogP contribution in [0.1, 0.15) is 25.3 Å². The second-order valence-electron chi connectivity index (χ2n) is 6.69. The Hall–Kier alpha value is -1.54. The summed E-state index contributed by atoms with van der Waals surface area (Å²) in [7, 11) is -15.0. The van der Waals surface area contributed by atoms with E-state index in [1.807, 2.05) is 0 Å². The zero-order valence-electron chi connectivity index (χ0n) is 17.4. The third kappa shape index (κ3) is 7.22. The number of amidine groups is 1. The zero-order valence-corrected chi connectivity index (χ0v) is 20.1. The maximum atomic E-state index is 12.1. The number of nitrogens with zero attached hydrogens (tertiary/aromatic N) is 4. The van der Waals surface area contributed by atoms with Gasteiger partial charge in [0.25, 0.3) is 0 Å². The zero-order chi connectivity index (χ0) is 25.2. The molecule has 6 atom stereocenters. The summed E-state index contributed by atoms with van der Waals surface area (Å²) in [6, 6.07) is 0. The first kappa shape index (κ1) is 27.7. The third-order valence-electron chi connectivity index (χ3n) is 4.40. The molecule has 0 radical (unpaired) electrons. The van der Waals surface area contributed by atoms with Crippen molar-refractivity contribution < 1.29 is 51.2 Å². The molecule has 0 bridgehead atoms. The number of rotatable bonds is 11. The Morgan fingerprint density at radius 2 is 1.97 bits per heavy atom. The lowest BCUT2D eigenvalue weighted by Crippen LogP contribution is -2.25. The molecule has 1 aromatic heterocycles. The van der Waals surface area contributed by atoms with Gasteiger partial charge < -0.3 is 30.0 Å². The minimum absolute atomic E-state index is 0.113. The molecule has 1 aromatic rings. The molecule has 1 aliphatic rings. The SMILES string of the molecule is C=CC1CC(C(C)OP(=O)(O)OP(=O)(O)OP(=O)(O)O)OC1n1cnc(C(N)=NC)c1N=C. The maximum absolute atomic E-state index is 12.1. The molecule has 1 aliphatic heterocycles. The van der Waals surface area contributed by atoms with Crippen LogP contribution in [0.5, 0.6) is 0 Å². The van der Waals surface area contributed by atoms with E-state index in [1.165, 1.54) is 24.9 Å². The van der Waals surface area contributed by atoms with Crippen LogP contribution in [0.2, 0.25) is 0 Å². The summed E-state index contributed by atoms with van der Waals surface area (Å²) in [5.41, 5.74) is 6.08. The average Bonchev–Trinajstić information content (AvgIpc) is 3.27. The molecule has 1 fully saturated rings. The van der Waals surface area contributed by atoms with Crippen molar-refractivity contribution in [2.24, 2.45) is 21.6 Å². The van der Waals surface area contributed by atoms with Crippen LogP contribution < -0.4 is 5.73 Å². The highest BCUT2D eigenvalue weighted by Crippen LogP contribution is 2.66. The lowest BCUT2D eigenvalue weighted by molar-refractivity contribution is -0.0548. The molecular formula is C14H24N5O11P3. The fourth-order valence-electron chi connectivity index (χ4n) is 3.07. The van der Waals surface area contributed by atoms with Crippen LogP contribution in [0.25, 0.3) is 0 Å². The van der Waals surface area contributed by atoms with Gasteiger partial charge in [0.05, 0.1) is 18.5 Å². The summed E-state index contributed by atoms with van der Waals surface area (Å²) in [4.78, 5) is 48.2. The number of phosphoric ester groups is 1. The predicted octanol–water partition coefficient (Wildman–Crippen LogP) is 1.37. The summed E-state index contributed by atoms with van der Waals surface area (Å²) in [5, 5.41) is 0. The monoisotopic (exact) mass is 531 g/mol. The molecule has 6 unspecified atom stereocenters. The predicted molar refractivity (Wildman–Crippen MR) is 115 cm³/mol. The number of aromatic nitrogens is 2. The van der Waals surface area contributed by atoms with Gasteiger partial charge in [-0.05, 0) is 20.1 Å². The van der Waals surface area contributed by atoms with Gasteiger partial charge in [0.2, 0.25) is 0 Å². The minimum atomic E-state index is -5.63. The van der Waals surface area contributed by atoms with Crippen molar-refractivity contribution in [1.29, 1.82) is 0 Å². The Morgan fingerprint density at radius 3 is 2.48 bits per heavy atom. The Bertz CT molecular complexity index is 1070. The Labute approximate surface area is 188 Å². The van der Waals surface area contributed by atoms with E-state index in [0.29, 0.717) is 0 Å².